The van der Waals surface area contributed by atoms with Gasteiger partial charge in [0.2, 0.25) is 0 Å². The molecule has 0 atom stereocenters. The van der Waals surface area contributed by atoms with Gasteiger partial charge in [-0.15, -0.1) is 0 Å². The summed E-state index contributed by atoms with van der Waals surface area (Å²) < 4.78 is 2.06. The number of nitriles is 1. The Morgan fingerprint density at radius 1 is 0.963 bits per heavy atom. The van der Waals surface area contributed by atoms with Gasteiger partial charge in [-0.1, -0.05) is 19.3 Å². The maximum Gasteiger partial charge on any atom is 0.158 e. The van der Waals surface area contributed by atoms with Crippen molar-refractivity contribution in [2.45, 2.75) is 38.1 Å². The molecule has 0 unspecified atom stereocenters. The van der Waals surface area contributed by atoms with Gasteiger partial charge in [0, 0.05) is 24.5 Å². The molecular weight excluding hydrogens is 338 g/mol. The van der Waals surface area contributed by atoms with Crippen molar-refractivity contribution in [1.29, 1.82) is 5.26 Å². The molecule has 1 fully saturated rings. The Bertz CT molecular complexity index is 920. The second-order valence-corrected chi connectivity index (χ2v) is 6.68. The van der Waals surface area contributed by atoms with E-state index in [2.05, 4.69) is 30.2 Å². The summed E-state index contributed by atoms with van der Waals surface area (Å²) in [6.07, 6.45) is 15.1. The van der Waals surface area contributed by atoms with Crippen molar-refractivity contribution in [2.24, 2.45) is 0 Å². The Kier molecular flexibility index (Phi) is 4.97. The van der Waals surface area contributed by atoms with Crippen LogP contribution in [0.3, 0.4) is 0 Å². The van der Waals surface area contributed by atoms with Crippen molar-refractivity contribution >= 4 is 17.3 Å². The lowest BCUT2D eigenvalue weighted by Crippen LogP contribution is -2.23. The van der Waals surface area contributed by atoms with Gasteiger partial charge in [-0.2, -0.15) is 5.26 Å². The molecule has 1 saturated carbocycles. The molecular formula is C20H21N7. The van der Waals surface area contributed by atoms with Gasteiger partial charge in [0.25, 0.3) is 0 Å². The molecule has 1 aliphatic rings. The Balaban J connectivity index is 1.60. The minimum absolute atomic E-state index is 0.288. The molecule has 7 heteroatoms. The van der Waals surface area contributed by atoms with Crippen LogP contribution in [0, 0.1) is 11.3 Å². The molecule has 0 bridgehead atoms. The van der Waals surface area contributed by atoms with Gasteiger partial charge in [-0.05, 0) is 25.0 Å². The molecule has 0 radical (unpaired) electrons. The lowest BCUT2D eigenvalue weighted by atomic mass is 9.95. The zero-order valence-electron chi connectivity index (χ0n) is 15.0. The zero-order valence-corrected chi connectivity index (χ0v) is 15.0. The normalized spacial score (nSPS) is 14.5. The summed E-state index contributed by atoms with van der Waals surface area (Å²) in [4.78, 5) is 12.8. The van der Waals surface area contributed by atoms with Crippen LogP contribution in [0.25, 0.3) is 5.69 Å². The van der Waals surface area contributed by atoms with Gasteiger partial charge in [-0.3, -0.25) is 0 Å². The second-order valence-electron chi connectivity index (χ2n) is 6.68. The average molecular weight is 359 g/mol. The third-order valence-corrected chi connectivity index (χ3v) is 4.75. The summed E-state index contributed by atoms with van der Waals surface area (Å²) in [6, 6.07) is 8.46. The molecule has 27 heavy (non-hydrogen) atoms. The van der Waals surface area contributed by atoms with Gasteiger partial charge in [-0.25, -0.2) is 15.0 Å². The molecule has 0 aromatic carbocycles. The summed E-state index contributed by atoms with van der Waals surface area (Å²) in [7, 11) is 0. The van der Waals surface area contributed by atoms with E-state index in [0.717, 1.165) is 11.4 Å². The number of nitrogens with zero attached hydrogens (tertiary/aromatic N) is 5. The third kappa shape index (κ3) is 4.06. The molecule has 136 valence electrons. The standard InChI is InChI=1S/C20H21N7/c21-11-16-12-23-20(14-22-16)26-19-10-17(25-15-6-2-1-3-7-15)18(13-24-19)27-8-4-5-9-27/h4-5,8-10,12-15H,1-3,6-7H2,(H2,23,24,25,26). The quantitative estimate of drug-likeness (QED) is 0.715. The fraction of sp³-hybridized carbons (Fsp3) is 0.300. The van der Waals surface area contributed by atoms with Crippen LogP contribution in [0.2, 0.25) is 0 Å². The number of rotatable bonds is 5. The Morgan fingerprint density at radius 2 is 1.74 bits per heavy atom. The van der Waals surface area contributed by atoms with E-state index in [1.54, 1.807) is 0 Å². The molecule has 0 saturated heterocycles. The van der Waals surface area contributed by atoms with E-state index >= 15 is 0 Å². The predicted molar refractivity (Wildman–Crippen MR) is 104 cm³/mol. The highest BCUT2D eigenvalue weighted by molar-refractivity contribution is 5.67. The monoisotopic (exact) mass is 359 g/mol. The fourth-order valence-corrected chi connectivity index (χ4v) is 3.38. The number of pyridine rings is 1. The molecule has 1 aliphatic carbocycles. The summed E-state index contributed by atoms with van der Waals surface area (Å²) in [5.41, 5.74) is 2.34. The molecule has 2 N–H and O–H groups in total. The van der Waals surface area contributed by atoms with Gasteiger partial charge < -0.3 is 15.2 Å². The highest BCUT2D eigenvalue weighted by Gasteiger charge is 2.16. The zero-order chi connectivity index (χ0) is 18.5. The fourth-order valence-electron chi connectivity index (χ4n) is 3.38. The molecule has 7 nitrogen and oxygen atoms in total. The molecule has 0 aliphatic heterocycles. The number of nitrogens with one attached hydrogen (secondary N) is 2. The van der Waals surface area contributed by atoms with Crippen molar-refractivity contribution in [3.8, 4) is 11.8 Å². The SMILES string of the molecule is N#Cc1cnc(Nc2cc(NC3CCCCC3)c(-n3cccc3)cn2)cn1. The lowest BCUT2D eigenvalue weighted by molar-refractivity contribution is 0.462. The maximum atomic E-state index is 8.84. The Morgan fingerprint density at radius 3 is 2.44 bits per heavy atom. The van der Waals surface area contributed by atoms with Gasteiger partial charge >= 0.3 is 0 Å². The summed E-state index contributed by atoms with van der Waals surface area (Å²) in [5, 5.41) is 15.7. The Hall–Kier alpha value is -3.40. The molecule has 0 spiro atoms. The minimum atomic E-state index is 0.288. The van der Waals surface area contributed by atoms with Crippen LogP contribution in [0.15, 0.2) is 49.2 Å². The van der Waals surface area contributed by atoms with Crippen LogP contribution in [0.1, 0.15) is 37.8 Å². The van der Waals surface area contributed by atoms with E-state index in [9.17, 15) is 0 Å². The van der Waals surface area contributed by atoms with Crippen LogP contribution in [-0.4, -0.2) is 25.6 Å². The molecule has 4 rings (SSSR count). The second kappa shape index (κ2) is 7.87. The molecule has 3 aromatic rings. The summed E-state index contributed by atoms with van der Waals surface area (Å²) in [6.45, 7) is 0. The minimum Gasteiger partial charge on any atom is -0.380 e. The van der Waals surface area contributed by atoms with Crippen LogP contribution in [0.5, 0.6) is 0 Å². The first-order chi connectivity index (χ1) is 13.3. The largest absolute Gasteiger partial charge is 0.380 e. The van der Waals surface area contributed by atoms with Gasteiger partial charge in [0.1, 0.15) is 17.7 Å². The molecule has 3 aromatic heterocycles. The van der Waals surface area contributed by atoms with Crippen LogP contribution in [0.4, 0.5) is 17.3 Å². The summed E-state index contributed by atoms with van der Waals surface area (Å²) >= 11 is 0. The Labute approximate surface area is 158 Å². The number of hydrogen-bond donors (Lipinski definition) is 2. The van der Waals surface area contributed by atoms with Crippen LogP contribution in [-0.2, 0) is 0 Å². The van der Waals surface area contributed by atoms with E-state index in [0.29, 0.717) is 17.7 Å². The third-order valence-electron chi connectivity index (χ3n) is 4.75. The van der Waals surface area contributed by atoms with E-state index in [1.807, 2.05) is 42.9 Å². The topological polar surface area (TPSA) is 91.5 Å². The molecule has 0 amide bonds. The van der Waals surface area contributed by atoms with Gasteiger partial charge in [0.05, 0.1) is 30.0 Å². The maximum absolute atomic E-state index is 8.84. The first-order valence-corrected chi connectivity index (χ1v) is 9.21. The van der Waals surface area contributed by atoms with E-state index in [-0.39, 0.29) is 5.69 Å². The van der Waals surface area contributed by atoms with E-state index < -0.39 is 0 Å². The van der Waals surface area contributed by atoms with Gasteiger partial charge in [0.15, 0.2) is 5.69 Å². The number of aromatic nitrogens is 4. The number of hydrogen-bond acceptors (Lipinski definition) is 6. The highest BCUT2D eigenvalue weighted by Crippen LogP contribution is 2.28. The average Bonchev–Trinajstić information content (AvgIpc) is 3.24. The molecule has 3 heterocycles. The first kappa shape index (κ1) is 17.0. The van der Waals surface area contributed by atoms with E-state index in [1.165, 1.54) is 44.5 Å². The van der Waals surface area contributed by atoms with Crippen molar-refractivity contribution in [3.05, 3.63) is 54.9 Å². The lowest BCUT2D eigenvalue weighted by Gasteiger charge is -2.25. The van der Waals surface area contributed by atoms with Crippen LogP contribution < -0.4 is 10.6 Å². The van der Waals surface area contributed by atoms with Crippen molar-refractivity contribution in [2.75, 3.05) is 10.6 Å². The van der Waals surface area contributed by atoms with E-state index in [4.69, 9.17) is 5.26 Å². The smallest absolute Gasteiger partial charge is 0.158 e. The van der Waals surface area contributed by atoms with Crippen LogP contribution >= 0.6 is 0 Å². The highest BCUT2D eigenvalue weighted by atomic mass is 15.1. The summed E-state index contributed by atoms with van der Waals surface area (Å²) in [5.74, 6) is 1.24. The number of anilines is 3. The van der Waals surface area contributed by atoms with Crippen molar-refractivity contribution in [1.82, 2.24) is 19.5 Å². The van der Waals surface area contributed by atoms with Crippen molar-refractivity contribution < 1.29 is 0 Å². The first-order valence-electron chi connectivity index (χ1n) is 9.21. The van der Waals surface area contributed by atoms with Crippen molar-refractivity contribution in [3.63, 3.8) is 0 Å². The predicted octanol–water partition coefficient (Wildman–Crippen LogP) is 4.02.